The van der Waals surface area contributed by atoms with Gasteiger partial charge in [0.25, 0.3) is 0 Å². The first kappa shape index (κ1) is 21.1. The topological polar surface area (TPSA) is 83.9 Å². The summed E-state index contributed by atoms with van der Waals surface area (Å²) in [5.74, 6) is -0.534. The summed E-state index contributed by atoms with van der Waals surface area (Å²) < 4.78 is 30.6. The molecule has 1 fully saturated rings. The molecule has 1 N–H and O–H groups in total. The van der Waals surface area contributed by atoms with E-state index in [-0.39, 0.29) is 17.2 Å². The predicted molar refractivity (Wildman–Crippen MR) is 102 cm³/mol. The number of hydrogen-bond acceptors (Lipinski definition) is 6. The van der Waals surface area contributed by atoms with E-state index in [2.05, 4.69) is 0 Å². The lowest BCUT2D eigenvalue weighted by molar-refractivity contribution is -0.00894. The molecule has 1 amide bonds. The average Bonchev–Trinajstić information content (AvgIpc) is 2.55. The van der Waals surface area contributed by atoms with Crippen molar-refractivity contribution in [2.45, 2.75) is 48.7 Å². The number of piperidine rings is 1. The van der Waals surface area contributed by atoms with Crippen molar-refractivity contribution in [3.63, 3.8) is 0 Å². The normalized spacial score (nSPS) is 21.5. The standard InChI is InChI=1S/C18H27NO5S2/c1-18(2,3)24-17(21)19-10-9-13(16(20)11-19)12-26(22,23)15-7-5-14(25-4)6-8-15/h5-8,13,16,20H,9-12H2,1-4H3. The highest BCUT2D eigenvalue weighted by Crippen LogP contribution is 2.25. The zero-order chi connectivity index (χ0) is 19.5. The highest BCUT2D eigenvalue weighted by Gasteiger charge is 2.35. The van der Waals surface area contributed by atoms with Gasteiger partial charge in [-0.05, 0) is 57.7 Å². The molecule has 0 saturated carbocycles. The maximum absolute atomic E-state index is 12.6. The van der Waals surface area contributed by atoms with Crippen LogP contribution in [0.1, 0.15) is 27.2 Å². The number of ether oxygens (including phenoxy) is 1. The van der Waals surface area contributed by atoms with E-state index in [9.17, 15) is 18.3 Å². The molecule has 1 aliphatic heterocycles. The fourth-order valence-corrected chi connectivity index (χ4v) is 4.93. The Morgan fingerprint density at radius 1 is 1.31 bits per heavy atom. The lowest BCUT2D eigenvalue weighted by Crippen LogP contribution is -2.49. The Kier molecular flexibility index (Phi) is 6.63. The molecule has 0 bridgehead atoms. The molecule has 0 aromatic heterocycles. The minimum absolute atomic E-state index is 0.0838. The van der Waals surface area contributed by atoms with E-state index in [1.165, 1.54) is 4.90 Å². The van der Waals surface area contributed by atoms with Gasteiger partial charge in [-0.15, -0.1) is 11.8 Å². The Hall–Kier alpha value is -1.25. The van der Waals surface area contributed by atoms with E-state index in [0.29, 0.717) is 13.0 Å². The van der Waals surface area contributed by atoms with Crippen molar-refractivity contribution in [1.29, 1.82) is 0 Å². The van der Waals surface area contributed by atoms with E-state index in [0.717, 1.165) is 4.90 Å². The third kappa shape index (κ3) is 5.62. The first-order valence-corrected chi connectivity index (χ1v) is 11.4. The van der Waals surface area contributed by atoms with Gasteiger partial charge in [-0.25, -0.2) is 13.2 Å². The van der Waals surface area contributed by atoms with Crippen LogP contribution in [0.3, 0.4) is 0 Å². The summed E-state index contributed by atoms with van der Waals surface area (Å²) in [5, 5.41) is 10.4. The molecule has 0 aliphatic carbocycles. The minimum atomic E-state index is -3.49. The third-order valence-corrected chi connectivity index (χ3v) is 6.83. The van der Waals surface area contributed by atoms with Crippen molar-refractivity contribution >= 4 is 27.7 Å². The van der Waals surface area contributed by atoms with E-state index in [1.807, 2.05) is 6.26 Å². The number of carbonyl (C=O) groups is 1. The Bertz CT molecular complexity index is 725. The van der Waals surface area contributed by atoms with Crippen LogP contribution in [0.5, 0.6) is 0 Å². The van der Waals surface area contributed by atoms with Crippen LogP contribution in [0, 0.1) is 5.92 Å². The molecule has 0 spiro atoms. The van der Waals surface area contributed by atoms with Gasteiger partial charge in [0.05, 0.1) is 23.3 Å². The molecule has 26 heavy (non-hydrogen) atoms. The van der Waals surface area contributed by atoms with Gasteiger partial charge in [0, 0.05) is 17.4 Å². The zero-order valence-electron chi connectivity index (χ0n) is 15.6. The van der Waals surface area contributed by atoms with Gasteiger partial charge in [-0.2, -0.15) is 0 Å². The Morgan fingerprint density at radius 3 is 2.42 bits per heavy atom. The van der Waals surface area contributed by atoms with Gasteiger partial charge in [-0.3, -0.25) is 0 Å². The van der Waals surface area contributed by atoms with Crippen LogP contribution in [-0.4, -0.2) is 61.3 Å². The van der Waals surface area contributed by atoms with Crippen molar-refractivity contribution in [3.8, 4) is 0 Å². The van der Waals surface area contributed by atoms with Crippen LogP contribution >= 0.6 is 11.8 Å². The van der Waals surface area contributed by atoms with Crippen LogP contribution in [-0.2, 0) is 14.6 Å². The number of aliphatic hydroxyl groups excluding tert-OH is 1. The molecule has 1 aliphatic rings. The molecule has 6 nitrogen and oxygen atoms in total. The molecular formula is C18H27NO5S2. The van der Waals surface area contributed by atoms with Crippen LogP contribution in [0.25, 0.3) is 0 Å². The number of aliphatic hydroxyl groups is 1. The van der Waals surface area contributed by atoms with Crippen molar-refractivity contribution in [2.75, 3.05) is 25.1 Å². The number of amides is 1. The summed E-state index contributed by atoms with van der Waals surface area (Å²) in [7, 11) is -3.49. The quantitative estimate of drug-likeness (QED) is 0.781. The fraction of sp³-hybridized carbons (Fsp3) is 0.611. The molecule has 1 heterocycles. The van der Waals surface area contributed by atoms with Crippen molar-refractivity contribution in [1.82, 2.24) is 4.90 Å². The number of thioether (sulfide) groups is 1. The number of likely N-dealkylation sites (tertiary alicyclic amines) is 1. The molecule has 8 heteroatoms. The second-order valence-electron chi connectivity index (χ2n) is 7.50. The van der Waals surface area contributed by atoms with Gasteiger partial charge >= 0.3 is 6.09 Å². The van der Waals surface area contributed by atoms with E-state index < -0.39 is 33.6 Å². The maximum atomic E-state index is 12.6. The van der Waals surface area contributed by atoms with Crippen LogP contribution in [0.15, 0.2) is 34.1 Å². The highest BCUT2D eigenvalue weighted by molar-refractivity contribution is 7.98. The Morgan fingerprint density at radius 2 is 1.92 bits per heavy atom. The van der Waals surface area contributed by atoms with Gasteiger partial charge in [0.15, 0.2) is 9.84 Å². The number of carbonyl (C=O) groups excluding carboxylic acids is 1. The molecular weight excluding hydrogens is 374 g/mol. The van der Waals surface area contributed by atoms with E-state index in [1.54, 1.807) is 56.8 Å². The highest BCUT2D eigenvalue weighted by atomic mass is 32.2. The van der Waals surface area contributed by atoms with Gasteiger partial charge in [-0.1, -0.05) is 0 Å². The zero-order valence-corrected chi connectivity index (χ0v) is 17.3. The number of rotatable bonds is 4. The first-order valence-electron chi connectivity index (χ1n) is 8.54. The second-order valence-corrected chi connectivity index (χ2v) is 10.4. The number of nitrogens with zero attached hydrogens (tertiary/aromatic N) is 1. The molecule has 1 saturated heterocycles. The summed E-state index contributed by atoms with van der Waals surface area (Å²) in [6.07, 6.45) is 0.975. The fourth-order valence-electron chi connectivity index (χ4n) is 2.83. The number of β-amino-alcohol motifs (C(OH)–C–C–N with tert-alkyl or cyclic N) is 1. The van der Waals surface area contributed by atoms with Crippen molar-refractivity contribution < 1.29 is 23.1 Å². The summed E-state index contributed by atoms with van der Waals surface area (Å²) in [6.45, 7) is 5.80. The monoisotopic (exact) mass is 401 g/mol. The molecule has 1 aromatic carbocycles. The number of sulfone groups is 1. The molecule has 2 rings (SSSR count). The first-order chi connectivity index (χ1) is 12.0. The predicted octanol–water partition coefficient (Wildman–Crippen LogP) is 2.80. The maximum Gasteiger partial charge on any atom is 0.410 e. The van der Waals surface area contributed by atoms with Gasteiger partial charge < -0.3 is 14.7 Å². The third-order valence-electron chi connectivity index (χ3n) is 4.23. The summed E-state index contributed by atoms with van der Waals surface area (Å²) in [6, 6.07) is 6.75. The van der Waals surface area contributed by atoms with E-state index >= 15 is 0 Å². The van der Waals surface area contributed by atoms with Crippen LogP contribution in [0.2, 0.25) is 0 Å². The van der Waals surface area contributed by atoms with Gasteiger partial charge in [0.2, 0.25) is 0 Å². The summed E-state index contributed by atoms with van der Waals surface area (Å²) in [4.78, 5) is 14.8. The second kappa shape index (κ2) is 8.19. The summed E-state index contributed by atoms with van der Waals surface area (Å²) >= 11 is 1.55. The largest absolute Gasteiger partial charge is 0.444 e. The SMILES string of the molecule is CSc1ccc(S(=O)(=O)CC2CCN(C(=O)OC(C)(C)C)CC2O)cc1. The molecule has 2 unspecified atom stereocenters. The number of benzene rings is 1. The average molecular weight is 402 g/mol. The molecule has 1 aromatic rings. The van der Waals surface area contributed by atoms with Gasteiger partial charge in [0.1, 0.15) is 5.60 Å². The van der Waals surface area contributed by atoms with E-state index in [4.69, 9.17) is 4.74 Å². The summed E-state index contributed by atoms with van der Waals surface area (Å²) in [5.41, 5.74) is -0.606. The molecule has 2 atom stereocenters. The lowest BCUT2D eigenvalue weighted by atomic mass is 9.96. The Labute approximate surface area is 159 Å². The lowest BCUT2D eigenvalue weighted by Gasteiger charge is -2.36. The number of hydrogen-bond donors (Lipinski definition) is 1. The molecule has 146 valence electrons. The minimum Gasteiger partial charge on any atom is -0.444 e. The molecule has 0 radical (unpaired) electrons. The Balaban J connectivity index is 1.99. The van der Waals surface area contributed by atoms with Crippen LogP contribution in [0.4, 0.5) is 4.79 Å². The van der Waals surface area contributed by atoms with Crippen molar-refractivity contribution in [3.05, 3.63) is 24.3 Å². The van der Waals surface area contributed by atoms with Crippen molar-refractivity contribution in [2.24, 2.45) is 5.92 Å². The van der Waals surface area contributed by atoms with Crippen LogP contribution < -0.4 is 0 Å². The smallest absolute Gasteiger partial charge is 0.410 e.